The van der Waals surface area contributed by atoms with Gasteiger partial charge in [0.25, 0.3) is 5.91 Å². The number of ether oxygens (including phenoxy) is 1. The quantitative estimate of drug-likeness (QED) is 0.758. The molecule has 0 spiro atoms. The molecule has 1 unspecified atom stereocenters. The summed E-state index contributed by atoms with van der Waals surface area (Å²) >= 11 is 12.2. The van der Waals surface area contributed by atoms with E-state index in [2.05, 4.69) is 0 Å². The Hall–Kier alpha value is -2.51. The third-order valence-electron chi connectivity index (χ3n) is 4.65. The van der Waals surface area contributed by atoms with Gasteiger partial charge in [0, 0.05) is 23.5 Å². The van der Waals surface area contributed by atoms with Gasteiger partial charge in [-0.25, -0.2) is 4.79 Å². The smallest absolute Gasteiger partial charge is 0.335 e. The van der Waals surface area contributed by atoms with E-state index >= 15 is 0 Å². The Balaban J connectivity index is 1.84. The molecular weight excluding hydrogens is 409 g/mol. The van der Waals surface area contributed by atoms with Crippen molar-refractivity contribution in [3.8, 4) is 5.75 Å². The normalized spacial score (nSPS) is 16.8. The lowest BCUT2D eigenvalue weighted by Gasteiger charge is -2.30. The van der Waals surface area contributed by atoms with Crippen molar-refractivity contribution in [3.63, 3.8) is 0 Å². The molecule has 2 aromatic carbocycles. The summed E-state index contributed by atoms with van der Waals surface area (Å²) in [6, 6.07) is 5.79. The molecule has 1 heterocycles. The number of amides is 1. The van der Waals surface area contributed by atoms with Crippen molar-refractivity contribution in [2.24, 2.45) is 5.92 Å². The summed E-state index contributed by atoms with van der Waals surface area (Å²) in [4.78, 5) is 36.5. The number of carboxylic acid groups (broad SMARTS) is 2. The fourth-order valence-electron chi connectivity index (χ4n) is 3.26. The lowest BCUT2D eigenvalue weighted by Crippen LogP contribution is -2.44. The van der Waals surface area contributed by atoms with Crippen molar-refractivity contribution in [1.29, 1.82) is 0 Å². The first-order chi connectivity index (χ1) is 13.3. The van der Waals surface area contributed by atoms with Gasteiger partial charge in [-0.05, 0) is 42.5 Å². The third-order valence-corrected chi connectivity index (χ3v) is 5.17. The molecule has 1 atom stereocenters. The van der Waals surface area contributed by atoms with Crippen molar-refractivity contribution in [1.82, 2.24) is 4.90 Å². The van der Waals surface area contributed by atoms with Gasteiger partial charge in [-0.2, -0.15) is 0 Å². The number of carboxylic acids is 2. The number of hydrogen-bond acceptors (Lipinski definition) is 4. The molecule has 0 bridgehead atoms. The highest BCUT2D eigenvalue weighted by atomic mass is 35.5. The van der Waals surface area contributed by atoms with E-state index in [0.717, 1.165) is 0 Å². The summed E-state index contributed by atoms with van der Waals surface area (Å²) in [6.45, 7) is 0.228. The van der Waals surface area contributed by atoms with Crippen molar-refractivity contribution in [2.75, 3.05) is 19.7 Å². The summed E-state index contributed by atoms with van der Waals surface area (Å²) in [5.74, 6) is -2.90. The zero-order valence-electron chi connectivity index (χ0n) is 14.7. The van der Waals surface area contributed by atoms with Crippen LogP contribution in [-0.4, -0.2) is 52.7 Å². The van der Waals surface area contributed by atoms with Crippen molar-refractivity contribution >= 4 is 51.8 Å². The van der Waals surface area contributed by atoms with Gasteiger partial charge in [0.1, 0.15) is 5.75 Å². The first kappa shape index (κ1) is 20.2. The molecular formula is C19H17Cl2NO6. The Morgan fingerprint density at radius 2 is 1.89 bits per heavy atom. The Morgan fingerprint density at radius 1 is 1.14 bits per heavy atom. The number of piperidine rings is 1. The number of hydrogen-bond donors (Lipinski definition) is 2. The van der Waals surface area contributed by atoms with Gasteiger partial charge in [-0.15, -0.1) is 0 Å². The van der Waals surface area contributed by atoms with Crippen LogP contribution in [0.3, 0.4) is 0 Å². The van der Waals surface area contributed by atoms with Gasteiger partial charge in [-0.3, -0.25) is 9.59 Å². The number of benzene rings is 2. The van der Waals surface area contributed by atoms with E-state index in [1.807, 2.05) is 0 Å². The van der Waals surface area contributed by atoms with Gasteiger partial charge < -0.3 is 19.8 Å². The van der Waals surface area contributed by atoms with Crippen LogP contribution in [0.1, 0.15) is 23.2 Å². The average Bonchev–Trinajstić information content (AvgIpc) is 2.65. The summed E-state index contributed by atoms with van der Waals surface area (Å²) in [7, 11) is 0. The van der Waals surface area contributed by atoms with Crippen molar-refractivity contribution in [3.05, 3.63) is 39.9 Å². The van der Waals surface area contributed by atoms with Gasteiger partial charge >= 0.3 is 11.9 Å². The lowest BCUT2D eigenvalue weighted by molar-refractivity contribution is -0.146. The number of likely N-dealkylation sites (tertiary alicyclic amines) is 1. The van der Waals surface area contributed by atoms with Gasteiger partial charge in [0.2, 0.25) is 0 Å². The van der Waals surface area contributed by atoms with E-state index in [-0.39, 0.29) is 35.4 Å². The van der Waals surface area contributed by atoms with E-state index < -0.39 is 17.9 Å². The molecule has 1 amide bonds. The molecule has 148 valence electrons. The first-order valence-electron chi connectivity index (χ1n) is 8.55. The molecule has 0 aromatic heterocycles. The lowest BCUT2D eigenvalue weighted by atomic mass is 9.98. The number of carbonyl (C=O) groups excluding carboxylic acids is 1. The van der Waals surface area contributed by atoms with E-state index in [0.29, 0.717) is 35.2 Å². The zero-order chi connectivity index (χ0) is 20.4. The Kier molecular flexibility index (Phi) is 5.96. The fourth-order valence-corrected chi connectivity index (χ4v) is 3.87. The molecule has 9 heteroatoms. The minimum Gasteiger partial charge on any atom is -0.483 e. The summed E-state index contributed by atoms with van der Waals surface area (Å²) in [5.41, 5.74) is -0.0304. The van der Waals surface area contributed by atoms with Crippen molar-refractivity contribution < 1.29 is 29.3 Å². The summed E-state index contributed by atoms with van der Waals surface area (Å²) in [5, 5.41) is 20.0. The van der Waals surface area contributed by atoms with Gasteiger partial charge in [0.15, 0.2) is 6.61 Å². The molecule has 3 rings (SSSR count). The van der Waals surface area contributed by atoms with Crippen LogP contribution in [0.25, 0.3) is 10.8 Å². The van der Waals surface area contributed by atoms with Crippen LogP contribution in [0.2, 0.25) is 10.0 Å². The first-order valence-corrected chi connectivity index (χ1v) is 9.31. The van der Waals surface area contributed by atoms with E-state index in [1.165, 1.54) is 23.1 Å². The highest BCUT2D eigenvalue weighted by molar-refractivity contribution is 6.39. The molecule has 2 aromatic rings. The number of aromatic carboxylic acids is 1. The number of halogens is 2. The monoisotopic (exact) mass is 425 g/mol. The van der Waals surface area contributed by atoms with E-state index in [4.69, 9.17) is 33.0 Å². The SMILES string of the molecule is O=C(O)c1cc(OCC(=O)N2CCCC(C(=O)O)C2)c2c(Cl)cc(Cl)cc2c1. The second-order valence-corrected chi connectivity index (χ2v) is 7.41. The van der Waals surface area contributed by atoms with Gasteiger partial charge in [0.05, 0.1) is 16.5 Å². The predicted molar refractivity (Wildman–Crippen MR) is 103 cm³/mol. The van der Waals surface area contributed by atoms with Crippen molar-refractivity contribution in [2.45, 2.75) is 12.8 Å². The molecule has 0 aliphatic carbocycles. The molecule has 1 fully saturated rings. The van der Waals surface area contributed by atoms with E-state index in [9.17, 15) is 19.5 Å². The zero-order valence-corrected chi connectivity index (χ0v) is 16.2. The maximum absolute atomic E-state index is 12.5. The maximum Gasteiger partial charge on any atom is 0.335 e. The minimum atomic E-state index is -1.16. The third kappa shape index (κ3) is 4.31. The predicted octanol–water partition coefficient (Wildman–Crippen LogP) is 3.55. The van der Waals surface area contributed by atoms with Crippen LogP contribution in [0.15, 0.2) is 24.3 Å². The van der Waals surface area contributed by atoms with Crippen LogP contribution >= 0.6 is 23.2 Å². The van der Waals surface area contributed by atoms with Crippen LogP contribution < -0.4 is 4.74 Å². The van der Waals surface area contributed by atoms with Crippen LogP contribution in [-0.2, 0) is 9.59 Å². The number of carbonyl (C=O) groups is 3. The van der Waals surface area contributed by atoms with Crippen LogP contribution in [0.5, 0.6) is 5.75 Å². The fraction of sp³-hybridized carbons (Fsp3) is 0.316. The minimum absolute atomic E-state index is 0.0304. The second kappa shape index (κ2) is 8.24. The van der Waals surface area contributed by atoms with E-state index in [1.54, 1.807) is 6.07 Å². The van der Waals surface area contributed by atoms with Crippen LogP contribution in [0.4, 0.5) is 0 Å². The number of rotatable bonds is 5. The highest BCUT2D eigenvalue weighted by Gasteiger charge is 2.28. The average molecular weight is 426 g/mol. The Bertz CT molecular complexity index is 961. The molecule has 1 aliphatic heterocycles. The summed E-state index contributed by atoms with van der Waals surface area (Å²) < 4.78 is 5.61. The molecule has 28 heavy (non-hydrogen) atoms. The highest BCUT2D eigenvalue weighted by Crippen LogP contribution is 2.36. The molecule has 2 N–H and O–H groups in total. The topological polar surface area (TPSA) is 104 Å². The number of nitrogens with zero attached hydrogens (tertiary/aromatic N) is 1. The largest absolute Gasteiger partial charge is 0.483 e. The van der Waals surface area contributed by atoms with Gasteiger partial charge in [-0.1, -0.05) is 23.2 Å². The Labute approximate surface area is 170 Å². The summed E-state index contributed by atoms with van der Waals surface area (Å²) in [6.07, 6.45) is 1.13. The molecule has 7 nitrogen and oxygen atoms in total. The molecule has 1 saturated heterocycles. The molecule has 1 aliphatic rings. The Morgan fingerprint density at radius 3 is 2.57 bits per heavy atom. The van der Waals surface area contributed by atoms with Crippen LogP contribution in [0, 0.1) is 5.92 Å². The maximum atomic E-state index is 12.5. The standard InChI is InChI=1S/C19H17Cl2NO6/c20-13-5-11-4-12(19(26)27)6-15(17(11)14(21)7-13)28-9-16(23)22-3-1-2-10(8-22)18(24)25/h4-7,10H,1-3,8-9H2,(H,24,25)(H,26,27). The number of fused-ring (bicyclic) bond motifs is 1. The molecule has 0 radical (unpaired) electrons. The number of aliphatic carboxylic acids is 1. The second-order valence-electron chi connectivity index (χ2n) is 6.57. The molecule has 0 saturated carbocycles.